The zero-order valence-electron chi connectivity index (χ0n) is 16.4. The lowest BCUT2D eigenvalue weighted by molar-refractivity contribution is -0.137. The monoisotopic (exact) mass is 443 g/mol. The molecule has 0 aliphatic rings. The van der Waals surface area contributed by atoms with Gasteiger partial charge in [-0.1, -0.05) is 17.7 Å². The van der Waals surface area contributed by atoms with Gasteiger partial charge in [0.2, 0.25) is 5.91 Å². The molecular formula is C20H21ClF3N3O3. The summed E-state index contributed by atoms with van der Waals surface area (Å²) in [6.07, 6.45) is -5.32. The molecule has 0 fully saturated rings. The molecule has 0 saturated heterocycles. The van der Waals surface area contributed by atoms with Crippen LogP contribution in [0.4, 0.5) is 30.2 Å². The van der Waals surface area contributed by atoms with Gasteiger partial charge in [-0.25, -0.2) is 0 Å². The lowest BCUT2D eigenvalue weighted by Crippen LogP contribution is -2.32. The van der Waals surface area contributed by atoms with Crippen LogP contribution in [-0.2, 0) is 20.5 Å². The molecule has 0 aromatic heterocycles. The highest BCUT2D eigenvalue weighted by atomic mass is 35.5. The van der Waals surface area contributed by atoms with Gasteiger partial charge in [-0.05, 0) is 50.2 Å². The predicted octanol–water partition coefficient (Wildman–Crippen LogP) is 4.77. The van der Waals surface area contributed by atoms with Gasteiger partial charge in [0.1, 0.15) is 12.1 Å². The maximum atomic E-state index is 13.2. The Kier molecular flexibility index (Phi) is 7.69. The number of carbonyl (C=O) groups is 2. The number of carbonyl (C=O) groups excluding carboxylic acids is 2. The van der Waals surface area contributed by atoms with Crippen molar-refractivity contribution in [2.24, 2.45) is 0 Å². The minimum Gasteiger partial charge on any atom is -0.374 e. The number of anilines is 3. The number of amides is 2. The van der Waals surface area contributed by atoms with Crippen LogP contribution in [0.2, 0.25) is 5.02 Å². The van der Waals surface area contributed by atoms with Crippen molar-refractivity contribution in [3.8, 4) is 0 Å². The minimum absolute atomic E-state index is 0.0897. The maximum Gasteiger partial charge on any atom is 0.418 e. The van der Waals surface area contributed by atoms with E-state index in [0.717, 1.165) is 12.1 Å². The van der Waals surface area contributed by atoms with E-state index in [1.807, 2.05) is 0 Å². The van der Waals surface area contributed by atoms with Crippen LogP contribution >= 0.6 is 11.6 Å². The van der Waals surface area contributed by atoms with E-state index in [9.17, 15) is 22.8 Å². The maximum absolute atomic E-state index is 13.2. The SMILES string of the molecule is COC(C)C(=O)Nc1cccc(NC(C)C(=O)Nc2ccc(Cl)cc2C(F)(F)F)c1. The van der Waals surface area contributed by atoms with Crippen LogP contribution in [0.15, 0.2) is 42.5 Å². The van der Waals surface area contributed by atoms with Crippen LogP contribution in [0, 0.1) is 0 Å². The normalized spacial score (nSPS) is 13.3. The van der Waals surface area contributed by atoms with E-state index in [0.29, 0.717) is 11.4 Å². The van der Waals surface area contributed by atoms with Crippen molar-refractivity contribution in [3.63, 3.8) is 0 Å². The highest BCUT2D eigenvalue weighted by molar-refractivity contribution is 6.30. The Morgan fingerprint density at radius 3 is 2.30 bits per heavy atom. The zero-order valence-corrected chi connectivity index (χ0v) is 17.2. The number of halogens is 4. The van der Waals surface area contributed by atoms with Crippen molar-refractivity contribution in [1.82, 2.24) is 0 Å². The number of alkyl halides is 3. The van der Waals surface area contributed by atoms with E-state index in [2.05, 4.69) is 16.0 Å². The first-order valence-electron chi connectivity index (χ1n) is 8.89. The Hall–Kier alpha value is -2.78. The fraction of sp³-hybridized carbons (Fsp3) is 0.300. The number of ether oxygens (including phenoxy) is 1. The summed E-state index contributed by atoms with van der Waals surface area (Å²) in [6.45, 7) is 3.09. The third-order valence-corrected chi connectivity index (χ3v) is 4.41. The molecule has 2 aromatic carbocycles. The fourth-order valence-corrected chi connectivity index (χ4v) is 2.63. The fourth-order valence-electron chi connectivity index (χ4n) is 2.45. The molecule has 0 aliphatic carbocycles. The van der Waals surface area contributed by atoms with Crippen molar-refractivity contribution in [3.05, 3.63) is 53.1 Å². The first-order chi connectivity index (χ1) is 14.0. The third kappa shape index (κ3) is 6.36. The van der Waals surface area contributed by atoms with Gasteiger partial charge in [0.25, 0.3) is 5.91 Å². The van der Waals surface area contributed by atoms with Crippen LogP contribution in [0.25, 0.3) is 0 Å². The smallest absolute Gasteiger partial charge is 0.374 e. The van der Waals surface area contributed by atoms with Gasteiger partial charge < -0.3 is 20.7 Å². The quantitative estimate of drug-likeness (QED) is 0.576. The second-order valence-corrected chi connectivity index (χ2v) is 6.93. The van der Waals surface area contributed by atoms with Crippen LogP contribution in [0.5, 0.6) is 0 Å². The average molecular weight is 444 g/mol. The van der Waals surface area contributed by atoms with Gasteiger partial charge in [-0.3, -0.25) is 9.59 Å². The summed E-state index contributed by atoms with van der Waals surface area (Å²) in [5.74, 6) is -1.02. The van der Waals surface area contributed by atoms with Crippen molar-refractivity contribution in [1.29, 1.82) is 0 Å². The highest BCUT2D eigenvalue weighted by Gasteiger charge is 2.34. The summed E-state index contributed by atoms with van der Waals surface area (Å²) in [6, 6.07) is 8.80. The minimum atomic E-state index is -4.67. The number of methoxy groups -OCH3 is 1. The summed E-state index contributed by atoms with van der Waals surface area (Å²) < 4.78 is 44.5. The Morgan fingerprint density at radius 2 is 1.67 bits per heavy atom. The zero-order chi connectivity index (χ0) is 22.5. The molecule has 3 N–H and O–H groups in total. The van der Waals surface area contributed by atoms with E-state index >= 15 is 0 Å². The number of rotatable bonds is 7. The standard InChI is InChI=1S/C20H21ClF3N3O3/c1-11(18(28)27-17-8-7-13(21)9-16(17)20(22,23)24)25-14-5-4-6-15(10-14)26-19(29)12(2)30-3/h4-12,25H,1-3H3,(H,26,29)(H,27,28). The molecule has 0 aliphatic heterocycles. The Labute approximate surface area is 176 Å². The van der Waals surface area contributed by atoms with Gasteiger partial charge in [0.15, 0.2) is 0 Å². The molecule has 6 nitrogen and oxygen atoms in total. The molecule has 2 atom stereocenters. The average Bonchev–Trinajstić information content (AvgIpc) is 2.68. The number of nitrogens with one attached hydrogen (secondary N) is 3. The molecule has 2 unspecified atom stereocenters. The van der Waals surface area contributed by atoms with Crippen LogP contribution in [-0.4, -0.2) is 31.1 Å². The van der Waals surface area contributed by atoms with E-state index in [1.54, 1.807) is 31.2 Å². The summed E-state index contributed by atoms with van der Waals surface area (Å²) in [5, 5.41) is 7.73. The second kappa shape index (κ2) is 9.82. The lowest BCUT2D eigenvalue weighted by Gasteiger charge is -2.19. The summed E-state index contributed by atoms with van der Waals surface area (Å²) in [7, 11) is 1.41. The molecule has 2 amide bonds. The van der Waals surface area contributed by atoms with Gasteiger partial charge >= 0.3 is 6.18 Å². The molecule has 0 bridgehead atoms. The molecule has 0 heterocycles. The van der Waals surface area contributed by atoms with Crippen molar-refractivity contribution in [2.75, 3.05) is 23.1 Å². The highest BCUT2D eigenvalue weighted by Crippen LogP contribution is 2.36. The molecule has 2 rings (SSSR count). The third-order valence-electron chi connectivity index (χ3n) is 4.17. The predicted molar refractivity (Wildman–Crippen MR) is 110 cm³/mol. The van der Waals surface area contributed by atoms with Crippen LogP contribution in [0.3, 0.4) is 0 Å². The van der Waals surface area contributed by atoms with E-state index < -0.39 is 29.8 Å². The number of benzene rings is 2. The largest absolute Gasteiger partial charge is 0.418 e. The molecule has 0 spiro atoms. The van der Waals surface area contributed by atoms with Gasteiger partial charge in [0.05, 0.1) is 11.3 Å². The van der Waals surface area contributed by atoms with Crippen LogP contribution < -0.4 is 16.0 Å². The summed E-state index contributed by atoms with van der Waals surface area (Å²) >= 11 is 5.65. The Balaban J connectivity index is 2.09. The second-order valence-electron chi connectivity index (χ2n) is 6.49. The van der Waals surface area contributed by atoms with Gasteiger partial charge in [0, 0.05) is 23.5 Å². The van der Waals surface area contributed by atoms with Crippen LogP contribution in [0.1, 0.15) is 19.4 Å². The molecule has 0 radical (unpaired) electrons. The number of hydrogen-bond acceptors (Lipinski definition) is 4. The first kappa shape index (κ1) is 23.5. The molecule has 10 heteroatoms. The summed E-state index contributed by atoms with van der Waals surface area (Å²) in [4.78, 5) is 24.3. The van der Waals surface area contributed by atoms with Gasteiger partial charge in [-0.15, -0.1) is 0 Å². The Bertz CT molecular complexity index is 922. The topological polar surface area (TPSA) is 79.5 Å². The molecular weight excluding hydrogens is 423 g/mol. The summed E-state index contributed by atoms with van der Waals surface area (Å²) in [5.41, 5.74) is -0.459. The van der Waals surface area contributed by atoms with Crippen molar-refractivity contribution in [2.45, 2.75) is 32.2 Å². The number of hydrogen-bond donors (Lipinski definition) is 3. The molecule has 162 valence electrons. The van der Waals surface area contributed by atoms with E-state index in [-0.39, 0.29) is 16.6 Å². The van der Waals surface area contributed by atoms with E-state index in [4.69, 9.17) is 16.3 Å². The first-order valence-corrected chi connectivity index (χ1v) is 9.27. The molecule has 0 saturated carbocycles. The van der Waals surface area contributed by atoms with Gasteiger partial charge in [-0.2, -0.15) is 13.2 Å². The Morgan fingerprint density at radius 1 is 1.00 bits per heavy atom. The van der Waals surface area contributed by atoms with Crippen molar-refractivity contribution >= 4 is 40.5 Å². The van der Waals surface area contributed by atoms with Crippen molar-refractivity contribution < 1.29 is 27.5 Å². The molecule has 30 heavy (non-hydrogen) atoms. The molecule has 2 aromatic rings. The lowest BCUT2D eigenvalue weighted by atomic mass is 10.1. The van der Waals surface area contributed by atoms with E-state index in [1.165, 1.54) is 20.1 Å².